The largest absolute Gasteiger partial charge is 0.416 e. The monoisotopic (exact) mass is 257 g/mol. The molecule has 1 aromatic rings. The highest BCUT2D eigenvalue weighted by Crippen LogP contribution is 2.31. The summed E-state index contributed by atoms with van der Waals surface area (Å²) in [7, 11) is 0. The van der Waals surface area contributed by atoms with Gasteiger partial charge in [-0.25, -0.2) is 0 Å². The van der Waals surface area contributed by atoms with Crippen LogP contribution in [0, 0.1) is 5.92 Å². The molecule has 0 aliphatic carbocycles. The summed E-state index contributed by atoms with van der Waals surface area (Å²) >= 11 is 0. The SMILES string of the molecule is O=CC1CCCN(c2ccc(C(F)(F)F)cc2)C1. The Morgan fingerprint density at radius 3 is 2.44 bits per heavy atom. The third kappa shape index (κ3) is 2.83. The third-order valence-electron chi connectivity index (χ3n) is 3.21. The number of benzene rings is 1. The molecular formula is C13H14F3NO. The lowest BCUT2D eigenvalue weighted by Crippen LogP contribution is -2.35. The molecule has 1 heterocycles. The maximum absolute atomic E-state index is 12.4. The highest BCUT2D eigenvalue weighted by Gasteiger charge is 2.30. The van der Waals surface area contributed by atoms with Crippen LogP contribution in [0.3, 0.4) is 0 Å². The number of hydrogen-bond donors (Lipinski definition) is 0. The van der Waals surface area contributed by atoms with E-state index in [0.29, 0.717) is 6.54 Å². The fraction of sp³-hybridized carbons (Fsp3) is 0.462. The first-order chi connectivity index (χ1) is 8.50. The summed E-state index contributed by atoms with van der Waals surface area (Å²) in [5.41, 5.74) is 0.102. The zero-order chi connectivity index (χ0) is 13.2. The van der Waals surface area contributed by atoms with Crippen LogP contribution in [0.2, 0.25) is 0 Å². The number of halogens is 3. The predicted molar refractivity (Wildman–Crippen MR) is 62.4 cm³/mol. The number of hydrogen-bond acceptors (Lipinski definition) is 2. The van der Waals surface area contributed by atoms with E-state index in [9.17, 15) is 18.0 Å². The number of anilines is 1. The van der Waals surface area contributed by atoms with Gasteiger partial charge in [-0.3, -0.25) is 0 Å². The molecule has 0 radical (unpaired) electrons. The number of alkyl halides is 3. The van der Waals surface area contributed by atoms with Crippen LogP contribution in [0.25, 0.3) is 0 Å². The Kier molecular flexibility index (Phi) is 3.59. The Morgan fingerprint density at radius 1 is 1.22 bits per heavy atom. The van der Waals surface area contributed by atoms with E-state index in [-0.39, 0.29) is 5.92 Å². The van der Waals surface area contributed by atoms with Gasteiger partial charge in [0.25, 0.3) is 0 Å². The minimum absolute atomic E-state index is 0.0129. The van der Waals surface area contributed by atoms with Crippen molar-refractivity contribution in [2.75, 3.05) is 18.0 Å². The number of nitrogens with zero attached hydrogens (tertiary/aromatic N) is 1. The van der Waals surface area contributed by atoms with Crippen LogP contribution >= 0.6 is 0 Å². The lowest BCUT2D eigenvalue weighted by Gasteiger charge is -2.32. The van der Waals surface area contributed by atoms with E-state index >= 15 is 0 Å². The zero-order valence-electron chi connectivity index (χ0n) is 9.78. The van der Waals surface area contributed by atoms with Crippen molar-refractivity contribution in [1.29, 1.82) is 0 Å². The Bertz CT molecular complexity index is 413. The first-order valence-corrected chi connectivity index (χ1v) is 5.88. The second-order valence-corrected chi connectivity index (χ2v) is 4.53. The predicted octanol–water partition coefficient (Wildman–Crippen LogP) is 3.12. The minimum atomic E-state index is -4.30. The van der Waals surface area contributed by atoms with E-state index < -0.39 is 11.7 Å². The van der Waals surface area contributed by atoms with Crippen molar-refractivity contribution in [2.24, 2.45) is 5.92 Å². The number of aldehydes is 1. The lowest BCUT2D eigenvalue weighted by molar-refractivity contribution is -0.137. The Balaban J connectivity index is 2.12. The van der Waals surface area contributed by atoms with Crippen molar-refractivity contribution in [2.45, 2.75) is 19.0 Å². The molecule has 1 atom stereocenters. The summed E-state index contributed by atoms with van der Waals surface area (Å²) in [5.74, 6) is -0.0129. The van der Waals surface area contributed by atoms with Crippen molar-refractivity contribution in [3.8, 4) is 0 Å². The molecule has 0 bridgehead atoms. The first-order valence-electron chi connectivity index (χ1n) is 5.88. The van der Waals surface area contributed by atoms with Gasteiger partial charge in [-0.05, 0) is 37.1 Å². The van der Waals surface area contributed by atoms with Crippen molar-refractivity contribution >= 4 is 12.0 Å². The standard InChI is InChI=1S/C13H14F3NO/c14-13(15,16)11-3-5-12(6-4-11)17-7-1-2-10(8-17)9-18/h3-6,9-10H,1-2,7-8H2. The van der Waals surface area contributed by atoms with Gasteiger partial charge in [-0.1, -0.05) is 0 Å². The second-order valence-electron chi connectivity index (χ2n) is 4.53. The van der Waals surface area contributed by atoms with Crippen molar-refractivity contribution in [3.63, 3.8) is 0 Å². The third-order valence-corrected chi connectivity index (χ3v) is 3.21. The first kappa shape index (κ1) is 12.9. The molecule has 1 aromatic carbocycles. The van der Waals surface area contributed by atoms with Crippen LogP contribution in [0.1, 0.15) is 18.4 Å². The molecule has 1 fully saturated rings. The van der Waals surface area contributed by atoms with E-state index in [1.165, 1.54) is 12.1 Å². The summed E-state index contributed by atoms with van der Waals surface area (Å²) in [6.07, 6.45) is -1.62. The van der Waals surface area contributed by atoms with Gasteiger partial charge >= 0.3 is 6.18 Å². The van der Waals surface area contributed by atoms with Gasteiger partial charge in [0.15, 0.2) is 0 Å². The molecule has 2 nitrogen and oxygen atoms in total. The van der Waals surface area contributed by atoms with Gasteiger partial charge in [-0.2, -0.15) is 13.2 Å². The summed E-state index contributed by atoms with van der Waals surface area (Å²) in [4.78, 5) is 12.7. The molecule has 0 saturated carbocycles. The number of piperidine rings is 1. The van der Waals surface area contributed by atoms with Crippen LogP contribution in [0.4, 0.5) is 18.9 Å². The van der Waals surface area contributed by atoms with Crippen molar-refractivity contribution in [1.82, 2.24) is 0 Å². The molecule has 1 unspecified atom stereocenters. The average molecular weight is 257 g/mol. The average Bonchev–Trinajstić information content (AvgIpc) is 2.38. The van der Waals surface area contributed by atoms with Crippen LogP contribution in [0.5, 0.6) is 0 Å². The van der Waals surface area contributed by atoms with E-state index in [1.54, 1.807) is 0 Å². The van der Waals surface area contributed by atoms with Crippen LogP contribution in [0.15, 0.2) is 24.3 Å². The van der Waals surface area contributed by atoms with Crippen molar-refractivity contribution < 1.29 is 18.0 Å². The van der Waals surface area contributed by atoms with Crippen LogP contribution in [-0.2, 0) is 11.0 Å². The molecule has 1 saturated heterocycles. The quantitative estimate of drug-likeness (QED) is 0.759. The fourth-order valence-electron chi connectivity index (χ4n) is 2.22. The number of rotatable bonds is 2. The Morgan fingerprint density at radius 2 is 1.89 bits per heavy atom. The van der Waals surface area contributed by atoms with Gasteiger partial charge in [-0.15, -0.1) is 0 Å². The summed E-state index contributed by atoms with van der Waals surface area (Å²) < 4.78 is 37.3. The molecule has 18 heavy (non-hydrogen) atoms. The molecule has 0 amide bonds. The van der Waals surface area contributed by atoms with Crippen LogP contribution in [-0.4, -0.2) is 19.4 Å². The van der Waals surface area contributed by atoms with Gasteiger partial charge < -0.3 is 9.69 Å². The smallest absolute Gasteiger partial charge is 0.371 e. The molecule has 1 aliphatic heterocycles. The second kappa shape index (κ2) is 5.00. The fourth-order valence-corrected chi connectivity index (χ4v) is 2.22. The summed E-state index contributed by atoms with van der Waals surface area (Å²) in [6, 6.07) is 5.10. The summed E-state index contributed by atoms with van der Waals surface area (Å²) in [5, 5.41) is 0. The highest BCUT2D eigenvalue weighted by atomic mass is 19.4. The van der Waals surface area contributed by atoms with Crippen LogP contribution < -0.4 is 4.90 Å². The van der Waals surface area contributed by atoms with Gasteiger partial charge in [0.2, 0.25) is 0 Å². The molecule has 2 rings (SSSR count). The number of carbonyl (C=O) groups excluding carboxylic acids is 1. The van der Waals surface area contributed by atoms with E-state index in [4.69, 9.17) is 0 Å². The lowest BCUT2D eigenvalue weighted by atomic mass is 9.99. The molecule has 0 spiro atoms. The minimum Gasteiger partial charge on any atom is -0.371 e. The number of carbonyl (C=O) groups is 1. The molecule has 1 aliphatic rings. The molecule has 98 valence electrons. The van der Waals surface area contributed by atoms with Gasteiger partial charge in [0, 0.05) is 24.7 Å². The normalized spacial score (nSPS) is 20.8. The van der Waals surface area contributed by atoms with E-state index in [2.05, 4.69) is 0 Å². The maximum Gasteiger partial charge on any atom is 0.416 e. The van der Waals surface area contributed by atoms with E-state index in [1.807, 2.05) is 4.90 Å². The highest BCUT2D eigenvalue weighted by molar-refractivity contribution is 5.57. The zero-order valence-corrected chi connectivity index (χ0v) is 9.78. The molecule has 0 aromatic heterocycles. The molecule has 5 heteroatoms. The Labute approximate surface area is 103 Å². The van der Waals surface area contributed by atoms with E-state index in [0.717, 1.165) is 43.5 Å². The maximum atomic E-state index is 12.4. The van der Waals surface area contributed by atoms with Crippen molar-refractivity contribution in [3.05, 3.63) is 29.8 Å². The van der Waals surface area contributed by atoms with Gasteiger partial charge in [0.05, 0.1) is 5.56 Å². The molecule has 0 N–H and O–H groups in total. The summed E-state index contributed by atoms with van der Waals surface area (Å²) in [6.45, 7) is 1.38. The Hall–Kier alpha value is -1.52. The topological polar surface area (TPSA) is 20.3 Å². The van der Waals surface area contributed by atoms with Gasteiger partial charge in [0.1, 0.15) is 6.29 Å². The molecular weight excluding hydrogens is 243 g/mol.